The molecule has 9 aromatic rings. The van der Waals surface area contributed by atoms with Gasteiger partial charge in [0.15, 0.2) is 0 Å². The van der Waals surface area contributed by atoms with Gasteiger partial charge in [-0.05, 0) is 86.6 Å². The standard InChI is InChI=1S/C46H31NO/c1-4-12-32(13-5-1)33-20-22-34(23-21-33)35-24-26-38(27-25-35)47(37-16-8-3-9-17-37)39-28-29-42-44(30-39)48-45-31-43(36-14-6-2-7-15-36)40-18-10-11-19-41(40)46(42)45/h1-31H. The smallest absolute Gasteiger partial charge is 0.137 e. The number of anilines is 3. The van der Waals surface area contributed by atoms with Gasteiger partial charge < -0.3 is 9.32 Å². The van der Waals surface area contributed by atoms with Crippen LogP contribution in [0.4, 0.5) is 17.1 Å². The molecule has 0 unspecified atom stereocenters. The summed E-state index contributed by atoms with van der Waals surface area (Å²) in [4.78, 5) is 2.29. The molecule has 0 aliphatic carbocycles. The Balaban J connectivity index is 1.13. The third-order valence-corrected chi connectivity index (χ3v) is 9.27. The van der Waals surface area contributed by atoms with Crippen molar-refractivity contribution in [2.24, 2.45) is 0 Å². The number of hydrogen-bond donors (Lipinski definition) is 0. The van der Waals surface area contributed by atoms with E-state index >= 15 is 0 Å². The maximum Gasteiger partial charge on any atom is 0.137 e. The molecule has 0 radical (unpaired) electrons. The van der Waals surface area contributed by atoms with E-state index in [-0.39, 0.29) is 0 Å². The van der Waals surface area contributed by atoms with Crippen molar-refractivity contribution in [1.29, 1.82) is 0 Å². The summed E-state index contributed by atoms with van der Waals surface area (Å²) in [6.07, 6.45) is 0. The summed E-state index contributed by atoms with van der Waals surface area (Å²) in [5.41, 5.74) is 12.2. The molecule has 0 aliphatic heterocycles. The normalized spacial score (nSPS) is 11.3. The molecule has 0 aliphatic rings. The molecule has 226 valence electrons. The van der Waals surface area contributed by atoms with Gasteiger partial charge in [-0.3, -0.25) is 0 Å². The van der Waals surface area contributed by atoms with Gasteiger partial charge in [-0.2, -0.15) is 0 Å². The number of fused-ring (bicyclic) bond motifs is 5. The largest absolute Gasteiger partial charge is 0.456 e. The molecule has 0 spiro atoms. The van der Waals surface area contributed by atoms with Crippen molar-refractivity contribution >= 4 is 49.8 Å². The summed E-state index contributed by atoms with van der Waals surface area (Å²) >= 11 is 0. The molecule has 2 nitrogen and oxygen atoms in total. The van der Waals surface area contributed by atoms with Gasteiger partial charge in [0.05, 0.1) is 0 Å². The summed E-state index contributed by atoms with van der Waals surface area (Å²) in [7, 11) is 0. The second kappa shape index (κ2) is 11.8. The molecule has 0 saturated heterocycles. The zero-order valence-corrected chi connectivity index (χ0v) is 26.3. The van der Waals surface area contributed by atoms with Crippen molar-refractivity contribution in [3.05, 3.63) is 188 Å². The summed E-state index contributed by atoms with van der Waals surface area (Å²) in [6.45, 7) is 0. The van der Waals surface area contributed by atoms with Crippen LogP contribution in [0.2, 0.25) is 0 Å². The molecule has 1 heterocycles. The number of rotatable bonds is 6. The van der Waals surface area contributed by atoms with Crippen LogP contribution in [0.25, 0.3) is 66.1 Å². The Morgan fingerprint density at radius 2 is 0.792 bits per heavy atom. The highest BCUT2D eigenvalue weighted by Crippen LogP contribution is 2.43. The first-order valence-electron chi connectivity index (χ1n) is 16.3. The molecule has 0 bridgehead atoms. The molecular formula is C46H31NO. The summed E-state index contributed by atoms with van der Waals surface area (Å²) < 4.78 is 6.68. The fourth-order valence-electron chi connectivity index (χ4n) is 6.94. The lowest BCUT2D eigenvalue weighted by atomic mass is 9.95. The molecule has 48 heavy (non-hydrogen) atoms. The Bertz CT molecular complexity index is 2520. The monoisotopic (exact) mass is 613 g/mol. The number of furan rings is 1. The van der Waals surface area contributed by atoms with Crippen molar-refractivity contribution in [1.82, 2.24) is 0 Å². The van der Waals surface area contributed by atoms with Crippen molar-refractivity contribution < 1.29 is 4.42 Å². The topological polar surface area (TPSA) is 16.4 Å². The van der Waals surface area contributed by atoms with Crippen molar-refractivity contribution in [2.75, 3.05) is 4.90 Å². The minimum absolute atomic E-state index is 0.869. The van der Waals surface area contributed by atoms with E-state index in [1.54, 1.807) is 0 Å². The summed E-state index contributed by atoms with van der Waals surface area (Å²) in [6, 6.07) is 66.7. The fraction of sp³-hybridized carbons (Fsp3) is 0. The van der Waals surface area contributed by atoms with Gasteiger partial charge in [-0.25, -0.2) is 0 Å². The molecule has 0 fully saturated rings. The zero-order valence-electron chi connectivity index (χ0n) is 26.3. The highest BCUT2D eigenvalue weighted by Gasteiger charge is 2.18. The van der Waals surface area contributed by atoms with Crippen LogP contribution in [0.15, 0.2) is 192 Å². The third kappa shape index (κ3) is 4.92. The molecule has 0 N–H and O–H groups in total. The van der Waals surface area contributed by atoms with Gasteiger partial charge in [0.25, 0.3) is 0 Å². The van der Waals surface area contributed by atoms with Gasteiger partial charge in [0.1, 0.15) is 11.2 Å². The quantitative estimate of drug-likeness (QED) is 0.185. The average molecular weight is 614 g/mol. The maximum atomic E-state index is 6.68. The Morgan fingerprint density at radius 3 is 1.44 bits per heavy atom. The summed E-state index contributed by atoms with van der Waals surface area (Å²) in [5.74, 6) is 0. The van der Waals surface area contributed by atoms with Crippen LogP contribution in [0.5, 0.6) is 0 Å². The van der Waals surface area contributed by atoms with Crippen LogP contribution < -0.4 is 4.90 Å². The molecule has 2 heteroatoms. The van der Waals surface area contributed by atoms with E-state index in [9.17, 15) is 0 Å². The van der Waals surface area contributed by atoms with Crippen LogP contribution in [-0.4, -0.2) is 0 Å². The Labute approximate surface area is 279 Å². The molecule has 0 amide bonds. The van der Waals surface area contributed by atoms with Crippen molar-refractivity contribution in [3.63, 3.8) is 0 Å². The zero-order chi connectivity index (χ0) is 31.9. The number of nitrogens with zero attached hydrogens (tertiary/aromatic N) is 1. The van der Waals surface area contributed by atoms with Gasteiger partial charge in [0.2, 0.25) is 0 Å². The first kappa shape index (κ1) is 27.9. The second-order valence-electron chi connectivity index (χ2n) is 12.2. The minimum atomic E-state index is 0.869. The van der Waals surface area contributed by atoms with Gasteiger partial charge >= 0.3 is 0 Å². The minimum Gasteiger partial charge on any atom is -0.456 e. The van der Waals surface area contributed by atoms with Crippen molar-refractivity contribution in [2.45, 2.75) is 0 Å². The predicted octanol–water partition coefficient (Wildman–Crippen LogP) is 13.2. The lowest BCUT2D eigenvalue weighted by Crippen LogP contribution is -2.09. The van der Waals surface area contributed by atoms with Crippen molar-refractivity contribution in [3.8, 4) is 33.4 Å². The van der Waals surface area contributed by atoms with E-state index < -0.39 is 0 Å². The Morgan fingerprint density at radius 1 is 0.312 bits per heavy atom. The highest BCUT2D eigenvalue weighted by molar-refractivity contribution is 6.22. The number of hydrogen-bond acceptors (Lipinski definition) is 2. The maximum absolute atomic E-state index is 6.68. The van der Waals surface area contributed by atoms with Crippen LogP contribution in [0.1, 0.15) is 0 Å². The van der Waals surface area contributed by atoms with E-state index in [0.29, 0.717) is 0 Å². The van der Waals surface area contributed by atoms with E-state index in [1.165, 1.54) is 44.2 Å². The summed E-state index contributed by atoms with van der Waals surface area (Å²) in [5, 5.41) is 4.70. The van der Waals surface area contributed by atoms with E-state index in [4.69, 9.17) is 4.42 Å². The van der Waals surface area contributed by atoms with Crippen LogP contribution >= 0.6 is 0 Å². The highest BCUT2D eigenvalue weighted by atomic mass is 16.3. The van der Waals surface area contributed by atoms with Gasteiger partial charge in [-0.15, -0.1) is 0 Å². The third-order valence-electron chi connectivity index (χ3n) is 9.27. The van der Waals surface area contributed by atoms with Gasteiger partial charge in [-0.1, -0.05) is 140 Å². The van der Waals surface area contributed by atoms with E-state index in [0.717, 1.165) is 39.0 Å². The Kier molecular flexibility index (Phi) is 6.84. The molecule has 0 atom stereocenters. The molecule has 1 aromatic heterocycles. The predicted molar refractivity (Wildman–Crippen MR) is 202 cm³/mol. The molecule has 9 rings (SSSR count). The van der Waals surface area contributed by atoms with Crippen LogP contribution in [0.3, 0.4) is 0 Å². The first-order chi connectivity index (χ1) is 23.8. The van der Waals surface area contributed by atoms with E-state index in [1.807, 2.05) is 0 Å². The number of para-hydroxylation sites is 1. The SMILES string of the molecule is c1ccc(-c2ccc(-c3ccc(N(c4ccccc4)c4ccc5c(c4)oc4cc(-c6ccccc6)c6ccccc6c45)cc3)cc2)cc1. The average Bonchev–Trinajstić information content (AvgIpc) is 3.54. The first-order valence-corrected chi connectivity index (χ1v) is 16.3. The molecule has 0 saturated carbocycles. The van der Waals surface area contributed by atoms with Gasteiger partial charge in [0, 0.05) is 33.9 Å². The molecule has 8 aromatic carbocycles. The number of benzene rings is 8. The lowest BCUT2D eigenvalue weighted by molar-refractivity contribution is 0.669. The molecular weight excluding hydrogens is 583 g/mol. The van der Waals surface area contributed by atoms with Crippen LogP contribution in [0, 0.1) is 0 Å². The van der Waals surface area contributed by atoms with Crippen LogP contribution in [-0.2, 0) is 0 Å². The Hall–Kier alpha value is -6.38. The lowest BCUT2D eigenvalue weighted by Gasteiger charge is -2.25. The van der Waals surface area contributed by atoms with E-state index in [2.05, 4.69) is 193 Å². The second-order valence-corrected chi connectivity index (χ2v) is 12.2. The fourth-order valence-corrected chi connectivity index (χ4v) is 6.94.